The standard InChI is InChI=1S/C19H17ClN2O2S2/c1-21-17(23)14-10-6-2-4-8-12(10)26-19(14)22-18(24)16-15(20)11-7-3-5-9-13(11)25-16/h3,5,7,9H,2,4,6,8H2,1H3,(H,21,23)(H,22,24). The summed E-state index contributed by atoms with van der Waals surface area (Å²) < 4.78 is 0.972. The molecule has 4 nitrogen and oxygen atoms in total. The molecule has 0 atom stereocenters. The summed E-state index contributed by atoms with van der Waals surface area (Å²) in [7, 11) is 1.61. The third-order valence-corrected chi connectivity index (χ3v) is 7.48. The first-order valence-electron chi connectivity index (χ1n) is 8.45. The number of hydrogen-bond donors (Lipinski definition) is 2. The number of aryl methyl sites for hydroxylation is 1. The highest BCUT2D eigenvalue weighted by Crippen LogP contribution is 2.40. The van der Waals surface area contributed by atoms with Crippen molar-refractivity contribution in [3.8, 4) is 0 Å². The molecule has 2 aromatic heterocycles. The molecule has 1 aliphatic carbocycles. The number of carbonyl (C=O) groups excluding carboxylic acids is 2. The van der Waals surface area contributed by atoms with Crippen LogP contribution in [-0.4, -0.2) is 18.9 Å². The van der Waals surface area contributed by atoms with Gasteiger partial charge in [-0.2, -0.15) is 0 Å². The Balaban J connectivity index is 1.72. The molecule has 4 rings (SSSR count). The Morgan fingerprint density at radius 1 is 1.08 bits per heavy atom. The van der Waals surface area contributed by atoms with Crippen LogP contribution in [0.1, 0.15) is 43.3 Å². The number of carbonyl (C=O) groups is 2. The van der Waals surface area contributed by atoms with Gasteiger partial charge >= 0.3 is 0 Å². The smallest absolute Gasteiger partial charge is 0.267 e. The predicted octanol–water partition coefficient (Wildman–Crippen LogP) is 5.11. The van der Waals surface area contributed by atoms with Gasteiger partial charge in [-0.3, -0.25) is 9.59 Å². The van der Waals surface area contributed by atoms with Crippen molar-refractivity contribution in [3.05, 3.63) is 50.2 Å². The summed E-state index contributed by atoms with van der Waals surface area (Å²) >= 11 is 9.30. The summed E-state index contributed by atoms with van der Waals surface area (Å²) in [6, 6.07) is 7.68. The van der Waals surface area contributed by atoms with Gasteiger partial charge in [-0.15, -0.1) is 22.7 Å². The first-order chi connectivity index (χ1) is 12.6. The van der Waals surface area contributed by atoms with Gasteiger partial charge in [-0.25, -0.2) is 0 Å². The largest absolute Gasteiger partial charge is 0.355 e. The molecule has 0 spiro atoms. The second-order valence-electron chi connectivity index (χ2n) is 6.19. The normalized spacial score (nSPS) is 13.5. The lowest BCUT2D eigenvalue weighted by atomic mass is 9.95. The Bertz CT molecular complexity index is 1020. The van der Waals surface area contributed by atoms with Crippen molar-refractivity contribution < 1.29 is 9.59 Å². The molecule has 2 heterocycles. The van der Waals surface area contributed by atoms with E-state index in [1.807, 2.05) is 24.3 Å². The van der Waals surface area contributed by atoms with Crippen molar-refractivity contribution in [2.24, 2.45) is 0 Å². The Hall–Kier alpha value is -1.89. The number of hydrogen-bond acceptors (Lipinski definition) is 4. The number of amides is 2. The van der Waals surface area contributed by atoms with Crippen LogP contribution in [0.5, 0.6) is 0 Å². The van der Waals surface area contributed by atoms with Crippen LogP contribution in [0, 0.1) is 0 Å². The molecular weight excluding hydrogens is 388 g/mol. The molecule has 0 aliphatic heterocycles. The van der Waals surface area contributed by atoms with Gasteiger partial charge in [-0.1, -0.05) is 29.8 Å². The van der Waals surface area contributed by atoms with Crippen LogP contribution in [0.25, 0.3) is 10.1 Å². The fourth-order valence-electron chi connectivity index (χ4n) is 3.34. The number of halogens is 1. The molecule has 0 saturated heterocycles. The maximum Gasteiger partial charge on any atom is 0.267 e. The highest BCUT2D eigenvalue weighted by Gasteiger charge is 2.27. The van der Waals surface area contributed by atoms with E-state index in [4.69, 9.17) is 11.6 Å². The lowest BCUT2D eigenvalue weighted by Gasteiger charge is -2.12. The maximum atomic E-state index is 12.9. The summed E-state index contributed by atoms with van der Waals surface area (Å²) in [5.41, 5.74) is 1.69. The number of fused-ring (bicyclic) bond motifs is 2. The van der Waals surface area contributed by atoms with Crippen molar-refractivity contribution >= 4 is 61.2 Å². The van der Waals surface area contributed by atoms with Gasteiger partial charge in [0.25, 0.3) is 11.8 Å². The maximum absolute atomic E-state index is 12.9. The summed E-state index contributed by atoms with van der Waals surface area (Å²) in [6.45, 7) is 0. The number of thiophene rings is 2. The first-order valence-corrected chi connectivity index (χ1v) is 10.5. The van der Waals surface area contributed by atoms with E-state index >= 15 is 0 Å². The average molecular weight is 405 g/mol. The Morgan fingerprint density at radius 3 is 2.62 bits per heavy atom. The lowest BCUT2D eigenvalue weighted by molar-refractivity contribution is 0.0963. The topological polar surface area (TPSA) is 58.2 Å². The minimum Gasteiger partial charge on any atom is -0.355 e. The highest BCUT2D eigenvalue weighted by atomic mass is 35.5. The molecule has 3 aromatic rings. The zero-order valence-electron chi connectivity index (χ0n) is 14.1. The van der Waals surface area contributed by atoms with Crippen LogP contribution in [0.3, 0.4) is 0 Å². The van der Waals surface area contributed by atoms with Gasteiger partial charge in [0.1, 0.15) is 9.88 Å². The molecule has 0 fully saturated rings. The summed E-state index contributed by atoms with van der Waals surface area (Å²) in [5, 5.41) is 7.60. The van der Waals surface area contributed by atoms with E-state index in [1.165, 1.54) is 27.6 Å². The van der Waals surface area contributed by atoms with Gasteiger partial charge in [-0.05, 0) is 37.3 Å². The molecule has 0 saturated carbocycles. The summed E-state index contributed by atoms with van der Waals surface area (Å²) in [6.07, 6.45) is 4.04. The lowest BCUT2D eigenvalue weighted by Crippen LogP contribution is -2.22. The van der Waals surface area contributed by atoms with Crippen LogP contribution in [-0.2, 0) is 12.8 Å². The number of benzene rings is 1. The average Bonchev–Trinajstić information content (AvgIpc) is 3.19. The van der Waals surface area contributed by atoms with Crippen LogP contribution in [0.4, 0.5) is 5.00 Å². The van der Waals surface area contributed by atoms with Crippen molar-refractivity contribution in [3.63, 3.8) is 0 Å². The predicted molar refractivity (Wildman–Crippen MR) is 109 cm³/mol. The van der Waals surface area contributed by atoms with E-state index in [2.05, 4.69) is 10.6 Å². The van der Waals surface area contributed by atoms with Crippen LogP contribution >= 0.6 is 34.3 Å². The SMILES string of the molecule is CNC(=O)c1c(NC(=O)c2sc3ccccc3c2Cl)sc2c1CCCC2. The second-order valence-corrected chi connectivity index (χ2v) is 8.72. The van der Waals surface area contributed by atoms with Crippen LogP contribution in [0.2, 0.25) is 5.02 Å². The van der Waals surface area contributed by atoms with Crippen molar-refractivity contribution in [1.29, 1.82) is 0 Å². The molecule has 1 aromatic carbocycles. The van der Waals surface area contributed by atoms with E-state index in [0.29, 0.717) is 20.5 Å². The molecule has 2 amide bonds. The number of rotatable bonds is 3. The second kappa shape index (κ2) is 7.02. The molecule has 1 aliphatic rings. The quantitative estimate of drug-likeness (QED) is 0.637. The zero-order valence-corrected chi connectivity index (χ0v) is 16.5. The van der Waals surface area contributed by atoms with E-state index in [-0.39, 0.29) is 11.8 Å². The number of anilines is 1. The summed E-state index contributed by atoms with van der Waals surface area (Å²) in [5.74, 6) is -0.415. The molecule has 0 radical (unpaired) electrons. The van der Waals surface area contributed by atoms with E-state index in [9.17, 15) is 9.59 Å². The first kappa shape index (κ1) is 17.5. The van der Waals surface area contributed by atoms with Crippen molar-refractivity contribution in [2.75, 3.05) is 12.4 Å². The van der Waals surface area contributed by atoms with Gasteiger partial charge in [0.2, 0.25) is 0 Å². The third kappa shape index (κ3) is 2.92. The highest BCUT2D eigenvalue weighted by molar-refractivity contribution is 7.22. The fraction of sp³-hybridized carbons (Fsp3) is 0.263. The fourth-order valence-corrected chi connectivity index (χ4v) is 6.03. The van der Waals surface area contributed by atoms with E-state index < -0.39 is 0 Å². The minimum absolute atomic E-state index is 0.151. The molecule has 0 unspecified atom stereocenters. The Kier molecular flexibility index (Phi) is 4.73. The number of nitrogens with one attached hydrogen (secondary N) is 2. The molecule has 7 heteroatoms. The van der Waals surface area contributed by atoms with Gasteiger partial charge in [0, 0.05) is 22.0 Å². The monoisotopic (exact) mass is 404 g/mol. The summed E-state index contributed by atoms with van der Waals surface area (Å²) in [4.78, 5) is 27.0. The van der Waals surface area contributed by atoms with Crippen LogP contribution < -0.4 is 10.6 Å². The Morgan fingerprint density at radius 2 is 1.85 bits per heavy atom. The third-order valence-electron chi connectivity index (χ3n) is 4.59. The molecule has 134 valence electrons. The van der Waals surface area contributed by atoms with E-state index in [1.54, 1.807) is 7.05 Å². The van der Waals surface area contributed by atoms with Crippen molar-refractivity contribution in [1.82, 2.24) is 5.32 Å². The molecule has 0 bridgehead atoms. The zero-order chi connectivity index (χ0) is 18.3. The van der Waals surface area contributed by atoms with Gasteiger partial charge in [0.05, 0.1) is 10.6 Å². The van der Waals surface area contributed by atoms with Crippen LogP contribution in [0.15, 0.2) is 24.3 Å². The van der Waals surface area contributed by atoms with Gasteiger partial charge < -0.3 is 10.6 Å². The van der Waals surface area contributed by atoms with Crippen molar-refractivity contribution in [2.45, 2.75) is 25.7 Å². The molecule has 26 heavy (non-hydrogen) atoms. The van der Waals surface area contributed by atoms with E-state index in [0.717, 1.165) is 41.3 Å². The minimum atomic E-state index is -0.264. The molecule has 2 N–H and O–H groups in total. The van der Waals surface area contributed by atoms with Gasteiger partial charge in [0.15, 0.2) is 0 Å². The molecular formula is C19H17ClN2O2S2. The Labute approximate surface area is 164 Å².